The first-order valence-electron chi connectivity index (χ1n) is 9.80. The van der Waals surface area contributed by atoms with Crippen LogP contribution in [0.3, 0.4) is 0 Å². The van der Waals surface area contributed by atoms with E-state index in [0.717, 1.165) is 31.4 Å². The van der Waals surface area contributed by atoms with Gasteiger partial charge in [-0.2, -0.15) is 0 Å². The number of cyclic esters (lactones) is 1. The lowest BCUT2D eigenvalue weighted by Crippen LogP contribution is -2.44. The van der Waals surface area contributed by atoms with Crippen LogP contribution >= 0.6 is 11.6 Å². The van der Waals surface area contributed by atoms with Crippen LogP contribution in [0.1, 0.15) is 32.1 Å². The Hall–Kier alpha value is -2.24. The summed E-state index contributed by atoms with van der Waals surface area (Å²) in [6.45, 7) is -0.152. The predicted molar refractivity (Wildman–Crippen MR) is 108 cm³/mol. The number of ether oxygens (including phenoxy) is 2. The molecule has 2 fully saturated rings. The highest BCUT2D eigenvalue weighted by Gasteiger charge is 2.46. The maximum Gasteiger partial charge on any atom is 0.415 e. The summed E-state index contributed by atoms with van der Waals surface area (Å²) in [5, 5.41) is 10.4. The van der Waals surface area contributed by atoms with Crippen molar-refractivity contribution in [3.63, 3.8) is 0 Å². The number of rotatable bonds is 5. The molecule has 6 heteroatoms. The Morgan fingerprint density at radius 2 is 1.61 bits per heavy atom. The van der Waals surface area contributed by atoms with Gasteiger partial charge in [0.25, 0.3) is 0 Å². The maximum atomic E-state index is 12.6. The second-order valence-electron chi connectivity index (χ2n) is 7.41. The van der Waals surface area contributed by atoms with Gasteiger partial charge < -0.3 is 14.6 Å². The second kappa shape index (κ2) is 8.41. The van der Waals surface area contributed by atoms with Gasteiger partial charge in [-0.15, -0.1) is 0 Å². The molecule has 148 valence electrons. The summed E-state index contributed by atoms with van der Waals surface area (Å²) < 4.78 is 11.3. The SMILES string of the molecule is O=C1O[C@@H](CO)[C@H](C2CCCCC2)N1c1ccc(Oc2ccc(Cl)cc2)cc1. The fraction of sp³-hybridized carbons (Fsp3) is 0.409. The fourth-order valence-corrected chi connectivity index (χ4v) is 4.40. The lowest BCUT2D eigenvalue weighted by Gasteiger charge is -2.34. The van der Waals surface area contributed by atoms with E-state index in [1.54, 1.807) is 29.2 Å². The molecule has 1 aliphatic heterocycles. The summed E-state index contributed by atoms with van der Waals surface area (Å²) in [4.78, 5) is 14.3. The molecule has 1 saturated carbocycles. The highest BCUT2D eigenvalue weighted by atomic mass is 35.5. The van der Waals surface area contributed by atoms with Crippen molar-refractivity contribution in [3.05, 3.63) is 53.6 Å². The number of halogens is 1. The van der Waals surface area contributed by atoms with Crippen molar-refractivity contribution in [1.82, 2.24) is 0 Å². The molecule has 0 unspecified atom stereocenters. The van der Waals surface area contributed by atoms with Crippen molar-refractivity contribution in [3.8, 4) is 11.5 Å². The van der Waals surface area contributed by atoms with Crippen molar-refractivity contribution in [2.24, 2.45) is 5.92 Å². The third-order valence-corrected chi connectivity index (χ3v) is 5.86. The van der Waals surface area contributed by atoms with Gasteiger partial charge in [-0.25, -0.2) is 4.79 Å². The Kier molecular flexibility index (Phi) is 5.74. The Labute approximate surface area is 169 Å². The Morgan fingerprint density at radius 1 is 1.00 bits per heavy atom. The molecule has 1 amide bonds. The van der Waals surface area contributed by atoms with Crippen LogP contribution in [0, 0.1) is 5.92 Å². The van der Waals surface area contributed by atoms with E-state index in [0.29, 0.717) is 22.4 Å². The Morgan fingerprint density at radius 3 is 2.21 bits per heavy atom. The molecule has 1 aliphatic carbocycles. The van der Waals surface area contributed by atoms with Crippen LogP contribution in [0.25, 0.3) is 0 Å². The molecule has 0 radical (unpaired) electrons. The lowest BCUT2D eigenvalue weighted by molar-refractivity contribution is 0.0684. The molecule has 1 N–H and O–H groups in total. The minimum Gasteiger partial charge on any atom is -0.457 e. The molecule has 1 saturated heterocycles. The van der Waals surface area contributed by atoms with Crippen molar-refractivity contribution < 1.29 is 19.4 Å². The molecule has 4 rings (SSSR count). The molecule has 2 aliphatic rings. The molecule has 5 nitrogen and oxygen atoms in total. The minimum atomic E-state index is -0.472. The molecule has 2 atom stereocenters. The highest BCUT2D eigenvalue weighted by molar-refractivity contribution is 6.30. The first kappa shape index (κ1) is 19.1. The van der Waals surface area contributed by atoms with E-state index in [2.05, 4.69) is 0 Å². The zero-order valence-corrected chi connectivity index (χ0v) is 16.3. The molecule has 2 aromatic rings. The van der Waals surface area contributed by atoms with Crippen molar-refractivity contribution in [1.29, 1.82) is 0 Å². The Bertz CT molecular complexity index is 802. The highest BCUT2D eigenvalue weighted by Crippen LogP contribution is 2.38. The summed E-state index contributed by atoms with van der Waals surface area (Å²) in [6, 6.07) is 14.4. The maximum absolute atomic E-state index is 12.6. The zero-order valence-electron chi connectivity index (χ0n) is 15.6. The van der Waals surface area contributed by atoms with Crippen LogP contribution < -0.4 is 9.64 Å². The van der Waals surface area contributed by atoms with E-state index in [1.807, 2.05) is 24.3 Å². The number of benzene rings is 2. The van der Waals surface area contributed by atoms with Gasteiger partial charge >= 0.3 is 6.09 Å². The third kappa shape index (κ3) is 3.96. The molecule has 1 heterocycles. The van der Waals surface area contributed by atoms with Crippen molar-refractivity contribution in [2.75, 3.05) is 11.5 Å². The molecule has 28 heavy (non-hydrogen) atoms. The largest absolute Gasteiger partial charge is 0.457 e. The van der Waals surface area contributed by atoms with Gasteiger partial charge in [0.1, 0.15) is 17.6 Å². The number of amides is 1. The van der Waals surface area contributed by atoms with Gasteiger partial charge in [0.05, 0.1) is 12.6 Å². The van der Waals surface area contributed by atoms with E-state index in [9.17, 15) is 9.90 Å². The van der Waals surface area contributed by atoms with Gasteiger partial charge in [0.15, 0.2) is 0 Å². The van der Waals surface area contributed by atoms with Crippen LogP contribution in [0.2, 0.25) is 5.02 Å². The number of anilines is 1. The smallest absolute Gasteiger partial charge is 0.415 e. The first-order chi connectivity index (χ1) is 13.7. The first-order valence-corrected chi connectivity index (χ1v) is 10.2. The summed E-state index contributed by atoms with van der Waals surface area (Å²) in [5.41, 5.74) is 0.764. The molecule has 0 bridgehead atoms. The molecular weight excluding hydrogens is 378 g/mol. The van der Waals surface area contributed by atoms with Crippen LogP contribution in [0.5, 0.6) is 11.5 Å². The molecule has 2 aromatic carbocycles. The van der Waals surface area contributed by atoms with Crippen LogP contribution in [0.4, 0.5) is 10.5 Å². The van der Waals surface area contributed by atoms with E-state index >= 15 is 0 Å². The number of aliphatic hydroxyl groups is 1. The number of aliphatic hydroxyl groups excluding tert-OH is 1. The summed E-state index contributed by atoms with van der Waals surface area (Å²) in [5.74, 6) is 1.71. The average molecular weight is 402 g/mol. The van der Waals surface area contributed by atoms with Crippen LogP contribution in [-0.4, -0.2) is 30.0 Å². The van der Waals surface area contributed by atoms with Gasteiger partial charge in [0, 0.05) is 10.7 Å². The standard InChI is InChI=1S/C22H24ClNO4/c23-16-6-10-18(11-7-16)27-19-12-8-17(9-13-19)24-21(15-4-2-1-3-5-15)20(14-25)28-22(24)26/h6-13,15,20-21,25H,1-5,14H2/t20-,21-/m0/s1. The number of carbonyl (C=O) groups is 1. The van der Waals surface area contributed by atoms with Crippen LogP contribution in [0.15, 0.2) is 48.5 Å². The zero-order chi connectivity index (χ0) is 19.5. The van der Waals surface area contributed by atoms with Gasteiger partial charge in [-0.1, -0.05) is 30.9 Å². The van der Waals surface area contributed by atoms with Crippen LogP contribution in [-0.2, 0) is 4.74 Å². The van der Waals surface area contributed by atoms with E-state index in [1.165, 1.54) is 6.42 Å². The molecule has 0 spiro atoms. The normalized spacial score (nSPS) is 22.9. The number of carbonyl (C=O) groups excluding carboxylic acids is 1. The lowest BCUT2D eigenvalue weighted by atomic mass is 9.81. The summed E-state index contributed by atoms with van der Waals surface area (Å²) >= 11 is 5.90. The van der Waals surface area contributed by atoms with E-state index in [-0.39, 0.29) is 18.7 Å². The second-order valence-corrected chi connectivity index (χ2v) is 7.85. The fourth-order valence-electron chi connectivity index (χ4n) is 4.27. The molecule has 0 aromatic heterocycles. The van der Waals surface area contributed by atoms with Crippen molar-refractivity contribution >= 4 is 23.4 Å². The summed E-state index contributed by atoms with van der Waals surface area (Å²) in [7, 11) is 0. The number of nitrogens with zero attached hydrogens (tertiary/aromatic N) is 1. The minimum absolute atomic E-state index is 0.124. The number of hydrogen-bond acceptors (Lipinski definition) is 4. The van der Waals surface area contributed by atoms with Gasteiger partial charge in [-0.3, -0.25) is 4.90 Å². The summed E-state index contributed by atoms with van der Waals surface area (Å²) in [6.07, 6.45) is 4.82. The van der Waals surface area contributed by atoms with E-state index < -0.39 is 6.10 Å². The number of hydrogen-bond donors (Lipinski definition) is 1. The monoisotopic (exact) mass is 401 g/mol. The quantitative estimate of drug-likeness (QED) is 0.728. The average Bonchev–Trinajstić information content (AvgIpc) is 3.07. The Balaban J connectivity index is 1.54. The van der Waals surface area contributed by atoms with Gasteiger partial charge in [-0.05, 0) is 67.3 Å². The van der Waals surface area contributed by atoms with E-state index in [4.69, 9.17) is 21.1 Å². The third-order valence-electron chi connectivity index (χ3n) is 5.60. The van der Waals surface area contributed by atoms with Crippen molar-refractivity contribution in [2.45, 2.75) is 44.2 Å². The molecular formula is C22H24ClNO4. The predicted octanol–water partition coefficient (Wildman–Crippen LogP) is 5.40. The topological polar surface area (TPSA) is 59.0 Å². The van der Waals surface area contributed by atoms with Gasteiger partial charge in [0.2, 0.25) is 0 Å².